The Kier molecular flexibility index (Phi) is 4.15. The zero-order valence-electron chi connectivity index (χ0n) is 11.1. The molecule has 0 atom stereocenters. The summed E-state index contributed by atoms with van der Waals surface area (Å²) in [6.45, 7) is 2.41. The molecule has 0 saturated carbocycles. The van der Waals surface area contributed by atoms with Crippen LogP contribution in [0, 0.1) is 6.92 Å². The minimum Gasteiger partial charge on any atom is -0.478 e. The molecular weight excluding hydrogens is 254 g/mol. The summed E-state index contributed by atoms with van der Waals surface area (Å²) in [4.78, 5) is 21.7. The van der Waals surface area contributed by atoms with Crippen molar-refractivity contribution in [3.8, 4) is 0 Å². The van der Waals surface area contributed by atoms with E-state index in [4.69, 9.17) is 5.11 Å². The van der Waals surface area contributed by atoms with Gasteiger partial charge in [0.05, 0.1) is 0 Å². The highest BCUT2D eigenvalue weighted by Gasteiger charge is 2.00. The number of fused-ring (bicyclic) bond motifs is 1. The van der Waals surface area contributed by atoms with Crippen molar-refractivity contribution in [2.75, 3.05) is 0 Å². The molecule has 1 amide bonds. The standard InChI is InChI=1S/C16H15NO3/c1-11-2-4-14-9-12(3-5-13(14)8-11)10-17-15(18)6-7-16(19)20/h2-9H,10H2,1H3,(H,17,18)(H,19,20)/b7-6+. The summed E-state index contributed by atoms with van der Waals surface area (Å²) in [6, 6.07) is 12.2. The van der Waals surface area contributed by atoms with E-state index >= 15 is 0 Å². The van der Waals surface area contributed by atoms with Crippen LogP contribution in [0.5, 0.6) is 0 Å². The molecule has 0 aliphatic carbocycles. The van der Waals surface area contributed by atoms with E-state index < -0.39 is 11.9 Å². The van der Waals surface area contributed by atoms with E-state index in [1.54, 1.807) is 0 Å². The number of rotatable bonds is 4. The lowest BCUT2D eigenvalue weighted by atomic mass is 10.0. The van der Waals surface area contributed by atoms with Gasteiger partial charge in [-0.15, -0.1) is 0 Å². The fraction of sp³-hybridized carbons (Fsp3) is 0.125. The predicted molar refractivity (Wildman–Crippen MR) is 77.3 cm³/mol. The van der Waals surface area contributed by atoms with Crippen molar-refractivity contribution in [3.05, 3.63) is 59.7 Å². The number of amides is 1. The number of aliphatic carboxylic acids is 1. The van der Waals surface area contributed by atoms with Crippen LogP contribution in [-0.4, -0.2) is 17.0 Å². The second-order valence-electron chi connectivity index (χ2n) is 4.57. The van der Waals surface area contributed by atoms with Crippen molar-refractivity contribution in [2.45, 2.75) is 13.5 Å². The molecule has 0 saturated heterocycles. The molecule has 2 rings (SSSR count). The van der Waals surface area contributed by atoms with E-state index in [1.807, 2.05) is 37.3 Å². The van der Waals surface area contributed by atoms with Gasteiger partial charge in [-0.2, -0.15) is 0 Å². The van der Waals surface area contributed by atoms with Crippen LogP contribution in [0.2, 0.25) is 0 Å². The Morgan fingerprint density at radius 3 is 2.55 bits per heavy atom. The van der Waals surface area contributed by atoms with Crippen LogP contribution in [0.3, 0.4) is 0 Å². The fourth-order valence-corrected chi connectivity index (χ4v) is 1.92. The first-order valence-corrected chi connectivity index (χ1v) is 6.23. The SMILES string of the molecule is Cc1ccc2cc(CNC(=O)/C=C/C(=O)O)ccc2c1. The minimum absolute atomic E-state index is 0.368. The van der Waals surface area contributed by atoms with Gasteiger partial charge in [0, 0.05) is 18.7 Å². The molecule has 0 unspecified atom stereocenters. The Morgan fingerprint density at radius 1 is 1.10 bits per heavy atom. The molecule has 0 aliphatic rings. The van der Waals surface area contributed by atoms with Gasteiger partial charge in [0.25, 0.3) is 0 Å². The predicted octanol–water partition coefficient (Wildman–Crippen LogP) is 2.41. The third kappa shape index (κ3) is 3.68. The maximum absolute atomic E-state index is 11.4. The van der Waals surface area contributed by atoms with Crippen molar-refractivity contribution in [1.82, 2.24) is 5.32 Å². The first kappa shape index (κ1) is 13.8. The molecule has 0 radical (unpaired) electrons. The normalized spacial score (nSPS) is 10.8. The van der Waals surface area contributed by atoms with Crippen molar-refractivity contribution in [1.29, 1.82) is 0 Å². The number of carboxylic acids is 1. The maximum atomic E-state index is 11.4. The number of hydrogen-bond donors (Lipinski definition) is 2. The second-order valence-corrected chi connectivity index (χ2v) is 4.57. The van der Waals surface area contributed by atoms with E-state index in [0.29, 0.717) is 6.54 Å². The zero-order valence-corrected chi connectivity index (χ0v) is 11.1. The molecule has 4 nitrogen and oxygen atoms in total. The highest BCUT2D eigenvalue weighted by molar-refractivity contribution is 5.93. The Balaban J connectivity index is 2.05. The molecule has 0 aromatic heterocycles. The first-order chi connectivity index (χ1) is 9.54. The van der Waals surface area contributed by atoms with Gasteiger partial charge >= 0.3 is 5.97 Å². The van der Waals surface area contributed by atoms with E-state index in [9.17, 15) is 9.59 Å². The van der Waals surface area contributed by atoms with E-state index in [2.05, 4.69) is 11.4 Å². The van der Waals surface area contributed by atoms with Crippen LogP contribution in [-0.2, 0) is 16.1 Å². The molecule has 0 bridgehead atoms. The van der Waals surface area contributed by atoms with E-state index in [1.165, 1.54) is 5.56 Å². The lowest BCUT2D eigenvalue weighted by Gasteiger charge is -2.05. The number of carbonyl (C=O) groups is 2. The number of carboxylic acid groups (broad SMARTS) is 1. The van der Waals surface area contributed by atoms with E-state index in [-0.39, 0.29) is 0 Å². The van der Waals surface area contributed by atoms with Crippen molar-refractivity contribution in [2.24, 2.45) is 0 Å². The largest absolute Gasteiger partial charge is 0.478 e. The Labute approximate surface area is 116 Å². The minimum atomic E-state index is -1.14. The summed E-state index contributed by atoms with van der Waals surface area (Å²) in [5, 5.41) is 13.3. The number of carbonyl (C=O) groups excluding carboxylic acids is 1. The number of benzene rings is 2. The Hall–Kier alpha value is -2.62. The summed E-state index contributed by atoms with van der Waals surface area (Å²) in [5.74, 6) is -1.56. The molecule has 2 aromatic carbocycles. The van der Waals surface area contributed by atoms with Gasteiger partial charge in [-0.1, -0.05) is 35.9 Å². The number of hydrogen-bond acceptors (Lipinski definition) is 2. The van der Waals surface area contributed by atoms with E-state index in [0.717, 1.165) is 28.5 Å². The van der Waals surface area contributed by atoms with Crippen LogP contribution in [0.15, 0.2) is 48.6 Å². The molecule has 4 heteroatoms. The zero-order chi connectivity index (χ0) is 14.5. The summed E-state index contributed by atoms with van der Waals surface area (Å²) < 4.78 is 0. The van der Waals surface area contributed by atoms with Crippen molar-refractivity contribution < 1.29 is 14.7 Å². The number of nitrogens with one attached hydrogen (secondary N) is 1. The third-order valence-electron chi connectivity index (χ3n) is 2.90. The van der Waals surface area contributed by atoms with Crippen LogP contribution in [0.1, 0.15) is 11.1 Å². The van der Waals surface area contributed by atoms with Gasteiger partial charge in [-0.3, -0.25) is 4.79 Å². The molecule has 0 heterocycles. The van der Waals surface area contributed by atoms with Gasteiger partial charge in [0.1, 0.15) is 0 Å². The monoisotopic (exact) mass is 269 g/mol. The summed E-state index contributed by atoms with van der Waals surface area (Å²) in [5.41, 5.74) is 2.18. The fourth-order valence-electron chi connectivity index (χ4n) is 1.92. The van der Waals surface area contributed by atoms with Crippen LogP contribution in [0.25, 0.3) is 10.8 Å². The lowest BCUT2D eigenvalue weighted by molar-refractivity contribution is -0.131. The Bertz CT molecular complexity index is 689. The molecular formula is C16H15NO3. The molecule has 2 aromatic rings. The molecule has 2 N–H and O–H groups in total. The van der Waals surface area contributed by atoms with Crippen LogP contribution in [0.4, 0.5) is 0 Å². The van der Waals surface area contributed by atoms with Gasteiger partial charge in [-0.25, -0.2) is 4.79 Å². The topological polar surface area (TPSA) is 66.4 Å². The summed E-state index contributed by atoms with van der Waals surface area (Å²) in [6.07, 6.45) is 1.82. The maximum Gasteiger partial charge on any atom is 0.328 e. The molecule has 0 fully saturated rings. The summed E-state index contributed by atoms with van der Waals surface area (Å²) in [7, 11) is 0. The Morgan fingerprint density at radius 2 is 1.80 bits per heavy atom. The van der Waals surface area contributed by atoms with Crippen molar-refractivity contribution in [3.63, 3.8) is 0 Å². The second kappa shape index (κ2) is 6.02. The van der Waals surface area contributed by atoms with Gasteiger partial charge in [0.15, 0.2) is 0 Å². The van der Waals surface area contributed by atoms with Gasteiger partial charge in [0.2, 0.25) is 5.91 Å². The summed E-state index contributed by atoms with van der Waals surface area (Å²) >= 11 is 0. The third-order valence-corrected chi connectivity index (χ3v) is 2.90. The lowest BCUT2D eigenvalue weighted by Crippen LogP contribution is -2.20. The molecule has 20 heavy (non-hydrogen) atoms. The average Bonchev–Trinajstić information content (AvgIpc) is 2.42. The molecule has 0 aliphatic heterocycles. The smallest absolute Gasteiger partial charge is 0.328 e. The molecule has 102 valence electrons. The highest BCUT2D eigenvalue weighted by atomic mass is 16.4. The first-order valence-electron chi connectivity index (χ1n) is 6.23. The highest BCUT2D eigenvalue weighted by Crippen LogP contribution is 2.17. The van der Waals surface area contributed by atoms with Gasteiger partial charge in [-0.05, 0) is 29.3 Å². The van der Waals surface area contributed by atoms with Gasteiger partial charge < -0.3 is 10.4 Å². The average molecular weight is 269 g/mol. The van der Waals surface area contributed by atoms with Crippen LogP contribution < -0.4 is 5.32 Å². The van der Waals surface area contributed by atoms with Crippen molar-refractivity contribution >= 4 is 22.6 Å². The van der Waals surface area contributed by atoms with Crippen LogP contribution >= 0.6 is 0 Å². The molecule has 0 spiro atoms. The quantitative estimate of drug-likeness (QED) is 0.838. The number of aryl methyl sites for hydroxylation is 1.